The van der Waals surface area contributed by atoms with Gasteiger partial charge in [-0.2, -0.15) is 11.8 Å². The van der Waals surface area contributed by atoms with Crippen molar-refractivity contribution in [2.75, 3.05) is 12.3 Å². The first kappa shape index (κ1) is 19.0. The monoisotopic (exact) mass is 383 g/mol. The topological polar surface area (TPSA) is 38.3 Å². The lowest BCUT2D eigenvalue weighted by atomic mass is 10.2. The van der Waals surface area contributed by atoms with Crippen molar-refractivity contribution in [2.24, 2.45) is 0 Å². The highest BCUT2D eigenvalue weighted by molar-refractivity contribution is 7.98. The molecule has 0 unspecified atom stereocenters. The zero-order valence-corrected chi connectivity index (χ0v) is 15.6. The van der Waals surface area contributed by atoms with Crippen LogP contribution in [0.2, 0.25) is 10.0 Å². The van der Waals surface area contributed by atoms with Crippen LogP contribution in [0.25, 0.3) is 0 Å². The Kier molecular flexibility index (Phi) is 7.76. The second-order valence-corrected chi connectivity index (χ2v) is 7.10. The van der Waals surface area contributed by atoms with Crippen LogP contribution in [0.15, 0.2) is 48.5 Å². The van der Waals surface area contributed by atoms with E-state index in [1.165, 1.54) is 0 Å². The summed E-state index contributed by atoms with van der Waals surface area (Å²) in [6.45, 7) is 2.31. The molecule has 24 heavy (non-hydrogen) atoms. The van der Waals surface area contributed by atoms with E-state index in [1.54, 1.807) is 43.0 Å². The Morgan fingerprint density at radius 2 is 1.88 bits per heavy atom. The molecule has 0 aromatic heterocycles. The van der Waals surface area contributed by atoms with Crippen LogP contribution < -0.4 is 10.1 Å². The lowest BCUT2D eigenvalue weighted by Crippen LogP contribution is -2.37. The van der Waals surface area contributed by atoms with Crippen LogP contribution in [-0.4, -0.2) is 24.3 Å². The van der Waals surface area contributed by atoms with Gasteiger partial charge in [0.15, 0.2) is 6.10 Å². The Morgan fingerprint density at radius 1 is 1.17 bits per heavy atom. The SMILES string of the molecule is C[C@@H](Oc1ccc(Cl)cc1)C(=O)NCCSCc1ccccc1Cl. The van der Waals surface area contributed by atoms with Crippen LogP contribution in [0.5, 0.6) is 5.75 Å². The second-order valence-electron chi connectivity index (χ2n) is 5.15. The summed E-state index contributed by atoms with van der Waals surface area (Å²) in [5.74, 6) is 2.12. The molecule has 6 heteroatoms. The number of thioether (sulfide) groups is 1. The molecule has 0 aliphatic heterocycles. The molecule has 0 aliphatic carbocycles. The molecule has 3 nitrogen and oxygen atoms in total. The molecule has 0 aliphatic rings. The number of amides is 1. The standard InChI is InChI=1S/C18H19Cl2NO2S/c1-13(23-16-8-6-15(19)7-9-16)18(22)21-10-11-24-12-14-4-2-3-5-17(14)20/h2-9,13H,10-12H2,1H3,(H,21,22)/t13-/m1/s1. The van der Waals surface area contributed by atoms with Gasteiger partial charge in [-0.05, 0) is 42.8 Å². The van der Waals surface area contributed by atoms with Gasteiger partial charge >= 0.3 is 0 Å². The van der Waals surface area contributed by atoms with E-state index in [0.29, 0.717) is 17.3 Å². The van der Waals surface area contributed by atoms with E-state index in [0.717, 1.165) is 22.1 Å². The number of hydrogen-bond donors (Lipinski definition) is 1. The summed E-state index contributed by atoms with van der Waals surface area (Å²) in [7, 11) is 0. The fourth-order valence-electron chi connectivity index (χ4n) is 1.96. The van der Waals surface area contributed by atoms with Crippen molar-refractivity contribution in [1.29, 1.82) is 0 Å². The molecule has 0 fully saturated rings. The second kappa shape index (κ2) is 9.82. The Balaban J connectivity index is 1.65. The first-order valence-corrected chi connectivity index (χ1v) is 9.48. The molecule has 2 rings (SSSR count). The molecule has 0 heterocycles. The number of halogens is 2. The van der Waals surface area contributed by atoms with E-state index in [1.807, 2.05) is 24.3 Å². The summed E-state index contributed by atoms with van der Waals surface area (Å²) in [6.07, 6.45) is -0.556. The number of nitrogens with one attached hydrogen (secondary N) is 1. The zero-order valence-electron chi connectivity index (χ0n) is 13.3. The average Bonchev–Trinajstić information content (AvgIpc) is 2.58. The third-order valence-electron chi connectivity index (χ3n) is 3.26. The number of hydrogen-bond acceptors (Lipinski definition) is 3. The number of benzene rings is 2. The molecule has 0 saturated heterocycles. The Bertz CT molecular complexity index is 664. The summed E-state index contributed by atoms with van der Waals surface area (Å²) in [6, 6.07) is 14.7. The predicted octanol–water partition coefficient (Wildman–Crippen LogP) is 4.81. The third kappa shape index (κ3) is 6.27. The van der Waals surface area contributed by atoms with Crippen molar-refractivity contribution < 1.29 is 9.53 Å². The summed E-state index contributed by atoms with van der Waals surface area (Å²) < 4.78 is 5.58. The molecule has 1 atom stereocenters. The van der Waals surface area contributed by atoms with Crippen molar-refractivity contribution in [3.63, 3.8) is 0 Å². The van der Waals surface area contributed by atoms with Crippen LogP contribution in [0, 0.1) is 0 Å². The fourth-order valence-corrected chi connectivity index (χ4v) is 3.23. The van der Waals surface area contributed by atoms with Crippen LogP contribution in [0.1, 0.15) is 12.5 Å². The predicted molar refractivity (Wildman–Crippen MR) is 102 cm³/mol. The van der Waals surface area contributed by atoms with E-state index in [4.69, 9.17) is 27.9 Å². The zero-order chi connectivity index (χ0) is 17.4. The smallest absolute Gasteiger partial charge is 0.260 e. The molecule has 2 aromatic rings. The molecular formula is C18H19Cl2NO2S. The molecule has 0 radical (unpaired) electrons. The van der Waals surface area contributed by atoms with Crippen LogP contribution in [0.3, 0.4) is 0 Å². The highest BCUT2D eigenvalue weighted by Crippen LogP contribution is 2.20. The van der Waals surface area contributed by atoms with Crippen molar-refractivity contribution in [3.05, 3.63) is 64.1 Å². The van der Waals surface area contributed by atoms with Crippen LogP contribution in [0.4, 0.5) is 0 Å². The summed E-state index contributed by atoms with van der Waals surface area (Å²) in [5.41, 5.74) is 1.11. The average molecular weight is 384 g/mol. The van der Waals surface area contributed by atoms with Gasteiger partial charge in [-0.25, -0.2) is 0 Å². The van der Waals surface area contributed by atoms with Gasteiger partial charge in [-0.15, -0.1) is 0 Å². The highest BCUT2D eigenvalue weighted by atomic mass is 35.5. The lowest BCUT2D eigenvalue weighted by Gasteiger charge is -2.14. The molecule has 2 aromatic carbocycles. The van der Waals surface area contributed by atoms with E-state index in [-0.39, 0.29) is 5.91 Å². The number of carbonyl (C=O) groups is 1. The number of carbonyl (C=O) groups excluding carboxylic acids is 1. The number of ether oxygens (including phenoxy) is 1. The molecule has 1 N–H and O–H groups in total. The van der Waals surface area contributed by atoms with Gasteiger partial charge in [-0.3, -0.25) is 4.79 Å². The summed E-state index contributed by atoms with van der Waals surface area (Å²) in [5, 5.41) is 4.28. The Morgan fingerprint density at radius 3 is 2.58 bits per heavy atom. The molecule has 0 bridgehead atoms. The maximum absolute atomic E-state index is 12.0. The van der Waals surface area contributed by atoms with Crippen molar-refractivity contribution in [2.45, 2.75) is 18.8 Å². The minimum absolute atomic E-state index is 0.136. The molecule has 128 valence electrons. The minimum Gasteiger partial charge on any atom is -0.481 e. The Labute approximate surface area is 156 Å². The normalized spacial score (nSPS) is 11.8. The van der Waals surface area contributed by atoms with Crippen LogP contribution >= 0.6 is 35.0 Å². The van der Waals surface area contributed by atoms with Crippen molar-refractivity contribution in [3.8, 4) is 5.75 Å². The van der Waals surface area contributed by atoms with E-state index >= 15 is 0 Å². The van der Waals surface area contributed by atoms with Gasteiger partial charge in [0.05, 0.1) is 0 Å². The lowest BCUT2D eigenvalue weighted by molar-refractivity contribution is -0.127. The Hall–Kier alpha value is -1.36. The molecule has 0 spiro atoms. The maximum Gasteiger partial charge on any atom is 0.260 e. The van der Waals surface area contributed by atoms with E-state index in [2.05, 4.69) is 5.32 Å². The highest BCUT2D eigenvalue weighted by Gasteiger charge is 2.13. The van der Waals surface area contributed by atoms with Crippen molar-refractivity contribution >= 4 is 40.9 Å². The fraction of sp³-hybridized carbons (Fsp3) is 0.278. The molecule has 0 saturated carbocycles. The number of rotatable bonds is 8. The van der Waals surface area contributed by atoms with Gasteiger partial charge in [0.2, 0.25) is 0 Å². The third-order valence-corrected chi connectivity index (χ3v) is 4.89. The van der Waals surface area contributed by atoms with Gasteiger partial charge in [0.25, 0.3) is 5.91 Å². The van der Waals surface area contributed by atoms with Crippen molar-refractivity contribution in [1.82, 2.24) is 5.32 Å². The minimum atomic E-state index is -0.556. The van der Waals surface area contributed by atoms with Gasteiger partial charge in [-0.1, -0.05) is 41.4 Å². The van der Waals surface area contributed by atoms with E-state index in [9.17, 15) is 4.79 Å². The van der Waals surface area contributed by atoms with Crippen LogP contribution in [-0.2, 0) is 10.5 Å². The quantitative estimate of drug-likeness (QED) is 0.664. The van der Waals surface area contributed by atoms with E-state index < -0.39 is 6.10 Å². The van der Waals surface area contributed by atoms with Gasteiger partial charge in [0.1, 0.15) is 5.75 Å². The summed E-state index contributed by atoms with van der Waals surface area (Å²) >= 11 is 13.7. The first-order valence-electron chi connectivity index (χ1n) is 7.57. The first-order chi connectivity index (χ1) is 11.6. The summed E-state index contributed by atoms with van der Waals surface area (Å²) in [4.78, 5) is 12.0. The van der Waals surface area contributed by atoms with Gasteiger partial charge in [0, 0.05) is 28.1 Å². The van der Waals surface area contributed by atoms with Gasteiger partial charge < -0.3 is 10.1 Å². The molecule has 1 amide bonds. The molecular weight excluding hydrogens is 365 g/mol. The largest absolute Gasteiger partial charge is 0.481 e. The maximum atomic E-state index is 12.0.